The lowest BCUT2D eigenvalue weighted by Crippen LogP contribution is -2.36. The normalized spacial score (nSPS) is 20.5. The first-order valence-corrected chi connectivity index (χ1v) is 13.9. The van der Waals surface area contributed by atoms with Gasteiger partial charge in [0.2, 0.25) is 5.91 Å². The third kappa shape index (κ3) is 7.01. The molecular formula is C30H29ClFN5O4. The van der Waals surface area contributed by atoms with Gasteiger partial charge in [0.15, 0.2) is 0 Å². The fourth-order valence-electron chi connectivity index (χ4n) is 4.82. The van der Waals surface area contributed by atoms with Gasteiger partial charge < -0.3 is 24.8 Å². The van der Waals surface area contributed by atoms with E-state index in [-0.39, 0.29) is 23.1 Å². The van der Waals surface area contributed by atoms with Gasteiger partial charge in [0.05, 0.1) is 53.3 Å². The predicted molar refractivity (Wildman–Crippen MR) is 154 cm³/mol. The second-order valence-corrected chi connectivity index (χ2v) is 10.5. The molecule has 9 nitrogen and oxygen atoms in total. The first kappa shape index (κ1) is 27.6. The number of nitrogens with one attached hydrogen (secondary N) is 2. The van der Waals surface area contributed by atoms with Crippen molar-refractivity contribution in [3.05, 3.63) is 65.2 Å². The van der Waals surface area contributed by atoms with Crippen molar-refractivity contribution in [3.63, 3.8) is 0 Å². The summed E-state index contributed by atoms with van der Waals surface area (Å²) in [4.78, 5) is 23.9. The number of halogens is 2. The van der Waals surface area contributed by atoms with Crippen LogP contribution < -0.4 is 10.6 Å². The number of likely N-dealkylation sites (tertiary alicyclic amines) is 1. The van der Waals surface area contributed by atoms with E-state index in [0.29, 0.717) is 66.1 Å². The quantitative estimate of drug-likeness (QED) is 0.302. The molecule has 1 aromatic heterocycles. The van der Waals surface area contributed by atoms with E-state index in [9.17, 15) is 9.18 Å². The van der Waals surface area contributed by atoms with Gasteiger partial charge in [-0.2, -0.15) is 0 Å². The number of aromatic nitrogens is 2. The van der Waals surface area contributed by atoms with E-state index in [2.05, 4.69) is 37.3 Å². The van der Waals surface area contributed by atoms with Crippen molar-refractivity contribution in [2.75, 3.05) is 50.1 Å². The van der Waals surface area contributed by atoms with Gasteiger partial charge in [-0.3, -0.25) is 9.69 Å². The molecule has 2 unspecified atom stereocenters. The molecule has 6 rings (SSSR count). The van der Waals surface area contributed by atoms with E-state index in [4.69, 9.17) is 25.8 Å². The Morgan fingerprint density at radius 2 is 1.98 bits per heavy atom. The molecule has 1 aliphatic carbocycles. The maximum Gasteiger partial charge on any atom is 0.248 e. The molecule has 3 aliphatic rings. The highest BCUT2D eigenvalue weighted by atomic mass is 35.5. The van der Waals surface area contributed by atoms with Crippen molar-refractivity contribution in [1.29, 1.82) is 0 Å². The second kappa shape index (κ2) is 12.5. The number of carbonyl (C=O) groups excluding carboxylic acids is 1. The zero-order chi connectivity index (χ0) is 28.2. The van der Waals surface area contributed by atoms with Crippen LogP contribution in [0.25, 0.3) is 10.9 Å². The van der Waals surface area contributed by atoms with Crippen LogP contribution in [-0.2, 0) is 19.0 Å². The summed E-state index contributed by atoms with van der Waals surface area (Å²) in [7, 11) is 0. The molecule has 0 spiro atoms. The van der Waals surface area contributed by atoms with Gasteiger partial charge in [-0.25, -0.2) is 14.4 Å². The molecule has 2 atom stereocenters. The highest BCUT2D eigenvalue weighted by Crippen LogP contribution is 2.30. The minimum Gasteiger partial charge on any atom is -0.372 e. The van der Waals surface area contributed by atoms with Gasteiger partial charge in [-0.1, -0.05) is 29.5 Å². The van der Waals surface area contributed by atoms with E-state index in [0.717, 1.165) is 25.9 Å². The summed E-state index contributed by atoms with van der Waals surface area (Å²) in [5, 5.41) is 6.76. The molecule has 2 aliphatic heterocycles. The van der Waals surface area contributed by atoms with Crippen LogP contribution in [0.15, 0.2) is 48.8 Å². The lowest BCUT2D eigenvalue weighted by molar-refractivity contribution is -0.116. The number of ether oxygens (including phenoxy) is 3. The van der Waals surface area contributed by atoms with E-state index >= 15 is 0 Å². The second-order valence-electron chi connectivity index (χ2n) is 10.1. The summed E-state index contributed by atoms with van der Waals surface area (Å²) in [6.45, 7) is 3.72. The first-order valence-electron chi connectivity index (χ1n) is 13.6. The summed E-state index contributed by atoms with van der Waals surface area (Å²) in [6, 6.07) is 7.90. The largest absolute Gasteiger partial charge is 0.372 e. The number of anilines is 3. The average Bonchev–Trinajstić information content (AvgIpc) is 3.70. The Morgan fingerprint density at radius 1 is 1.17 bits per heavy atom. The number of nitrogens with zero attached hydrogens (tertiary/aromatic N) is 3. The average molecular weight is 578 g/mol. The molecular weight excluding hydrogens is 549 g/mol. The molecule has 212 valence electrons. The molecule has 3 fully saturated rings. The summed E-state index contributed by atoms with van der Waals surface area (Å²) in [5.41, 5.74) is 2.29. The van der Waals surface area contributed by atoms with Crippen molar-refractivity contribution in [2.24, 2.45) is 0 Å². The van der Waals surface area contributed by atoms with Crippen molar-refractivity contribution in [1.82, 2.24) is 14.9 Å². The van der Waals surface area contributed by atoms with Gasteiger partial charge in [0, 0.05) is 36.8 Å². The van der Waals surface area contributed by atoms with Crippen LogP contribution in [0.1, 0.15) is 18.4 Å². The maximum absolute atomic E-state index is 13.7. The molecule has 11 heteroatoms. The Bertz CT molecular complexity index is 1520. The van der Waals surface area contributed by atoms with Gasteiger partial charge >= 0.3 is 0 Å². The Hall–Kier alpha value is -3.59. The number of fused-ring (bicyclic) bond motifs is 2. The standard InChI is InChI=1S/C30H29ClFN5O4/c31-23-14-20(5-8-24(23)32)35-30-22-15-25(19(13-26(22)33-18-34-30)3-2-10-39-21-6-7-21)36-29(38)4-1-9-37-16-27-28(17-37)41-12-11-40-27/h1,4-5,8,13-15,18,21,27-28H,6-7,9-12,16-17H2,(H,36,38)(H,33,34,35). The smallest absolute Gasteiger partial charge is 0.248 e. The minimum absolute atomic E-state index is 0.00757. The van der Waals surface area contributed by atoms with Crippen molar-refractivity contribution >= 4 is 45.6 Å². The number of rotatable bonds is 8. The van der Waals surface area contributed by atoms with Crippen LogP contribution in [0, 0.1) is 17.7 Å². The highest BCUT2D eigenvalue weighted by molar-refractivity contribution is 6.31. The summed E-state index contributed by atoms with van der Waals surface area (Å²) < 4.78 is 30.9. The van der Waals surface area contributed by atoms with Crippen molar-refractivity contribution < 1.29 is 23.4 Å². The molecule has 3 aromatic rings. The molecule has 41 heavy (non-hydrogen) atoms. The predicted octanol–water partition coefficient (Wildman–Crippen LogP) is 4.29. The number of benzene rings is 2. The van der Waals surface area contributed by atoms with Gasteiger partial charge in [0.25, 0.3) is 0 Å². The van der Waals surface area contributed by atoms with Crippen LogP contribution in [0.4, 0.5) is 21.6 Å². The monoisotopic (exact) mass is 577 g/mol. The van der Waals surface area contributed by atoms with Crippen LogP contribution in [0.2, 0.25) is 5.02 Å². The van der Waals surface area contributed by atoms with Crippen molar-refractivity contribution in [3.8, 4) is 11.8 Å². The third-order valence-corrected chi connectivity index (χ3v) is 7.31. The van der Waals surface area contributed by atoms with Crippen molar-refractivity contribution in [2.45, 2.75) is 31.2 Å². The summed E-state index contributed by atoms with van der Waals surface area (Å²) >= 11 is 5.96. The molecule has 2 saturated heterocycles. The minimum atomic E-state index is -0.513. The third-order valence-electron chi connectivity index (χ3n) is 7.02. The zero-order valence-electron chi connectivity index (χ0n) is 22.2. The van der Waals surface area contributed by atoms with E-state index in [1.165, 1.54) is 24.5 Å². The fraction of sp³-hybridized carbons (Fsp3) is 0.367. The lowest BCUT2D eigenvalue weighted by Gasteiger charge is -2.24. The van der Waals surface area contributed by atoms with Crippen LogP contribution in [0.3, 0.4) is 0 Å². The number of carbonyl (C=O) groups is 1. The molecule has 3 heterocycles. The summed E-state index contributed by atoms with van der Waals surface area (Å²) in [6.07, 6.45) is 7.37. The lowest BCUT2D eigenvalue weighted by atomic mass is 10.1. The Balaban J connectivity index is 1.21. The van der Waals surface area contributed by atoms with E-state index in [1.807, 2.05) is 6.08 Å². The SMILES string of the molecule is O=C(C=CCN1CC2OCCOC2C1)Nc1cc2c(Nc3ccc(F)c(Cl)c3)ncnc2cc1C#CCOC1CC1. The Morgan fingerprint density at radius 3 is 2.73 bits per heavy atom. The first-order chi connectivity index (χ1) is 20.0. The van der Waals surface area contributed by atoms with Crippen LogP contribution in [-0.4, -0.2) is 78.5 Å². The van der Waals surface area contributed by atoms with Gasteiger partial charge in [-0.15, -0.1) is 0 Å². The van der Waals surface area contributed by atoms with E-state index < -0.39 is 5.82 Å². The Labute approximate surface area is 242 Å². The molecule has 1 saturated carbocycles. The summed E-state index contributed by atoms with van der Waals surface area (Å²) in [5.74, 6) is 5.83. The molecule has 2 N–H and O–H groups in total. The molecule has 0 bridgehead atoms. The fourth-order valence-corrected chi connectivity index (χ4v) is 5.00. The highest BCUT2D eigenvalue weighted by Gasteiger charge is 2.35. The molecule has 2 aromatic carbocycles. The number of amides is 1. The maximum atomic E-state index is 13.7. The van der Waals surface area contributed by atoms with Crippen LogP contribution in [0.5, 0.6) is 0 Å². The topological polar surface area (TPSA) is 97.8 Å². The number of hydrogen-bond donors (Lipinski definition) is 2. The molecule has 0 radical (unpaired) electrons. The zero-order valence-corrected chi connectivity index (χ0v) is 23.0. The van der Waals surface area contributed by atoms with Gasteiger partial charge in [-0.05, 0) is 43.2 Å². The number of hydrogen-bond acceptors (Lipinski definition) is 8. The van der Waals surface area contributed by atoms with Crippen LogP contribution >= 0.6 is 11.6 Å². The van der Waals surface area contributed by atoms with E-state index in [1.54, 1.807) is 18.2 Å². The Kier molecular flexibility index (Phi) is 8.41. The van der Waals surface area contributed by atoms with Gasteiger partial charge in [0.1, 0.15) is 24.6 Å². The molecule has 1 amide bonds.